The average molecular weight is 448 g/mol. The van der Waals surface area contributed by atoms with E-state index in [1.807, 2.05) is 24.3 Å². The van der Waals surface area contributed by atoms with Crippen molar-refractivity contribution in [1.29, 1.82) is 0 Å². The third-order valence-electron chi connectivity index (χ3n) is 4.66. The molecule has 4 rings (SSSR count). The number of amides is 1. The Kier molecular flexibility index (Phi) is 6.27. The maximum absolute atomic E-state index is 14.1. The van der Waals surface area contributed by atoms with Crippen molar-refractivity contribution in [1.82, 2.24) is 15.1 Å². The Labute approximate surface area is 187 Å². The lowest BCUT2D eigenvalue weighted by Crippen LogP contribution is -2.24. The SMILES string of the molecule is O=C(NCc1ccccc1-n1cccn1)c1cc([N+](=O)[O-])ccc1Sc1ccccc1F. The maximum atomic E-state index is 14.1. The first-order valence-corrected chi connectivity index (χ1v) is 10.4. The van der Waals surface area contributed by atoms with Crippen LogP contribution in [-0.4, -0.2) is 20.6 Å². The third kappa shape index (κ3) is 4.68. The molecular weight excluding hydrogens is 431 g/mol. The molecule has 1 aromatic heterocycles. The maximum Gasteiger partial charge on any atom is 0.270 e. The zero-order chi connectivity index (χ0) is 22.5. The van der Waals surface area contributed by atoms with Gasteiger partial charge in [-0.2, -0.15) is 5.10 Å². The minimum Gasteiger partial charge on any atom is -0.348 e. The first-order chi connectivity index (χ1) is 15.5. The molecule has 3 aromatic carbocycles. The van der Waals surface area contributed by atoms with Gasteiger partial charge in [0.25, 0.3) is 11.6 Å². The van der Waals surface area contributed by atoms with Crippen LogP contribution in [0, 0.1) is 15.9 Å². The lowest BCUT2D eigenvalue weighted by atomic mass is 10.1. The van der Waals surface area contributed by atoms with Crippen LogP contribution < -0.4 is 5.32 Å². The van der Waals surface area contributed by atoms with Crippen LogP contribution in [0.25, 0.3) is 5.69 Å². The van der Waals surface area contributed by atoms with Gasteiger partial charge in [-0.1, -0.05) is 42.1 Å². The van der Waals surface area contributed by atoms with Crippen molar-refractivity contribution in [3.05, 3.63) is 112 Å². The molecule has 0 aliphatic carbocycles. The van der Waals surface area contributed by atoms with E-state index in [1.165, 1.54) is 24.3 Å². The fraction of sp³-hybridized carbons (Fsp3) is 0.0435. The van der Waals surface area contributed by atoms with Gasteiger partial charge in [0.05, 0.1) is 16.2 Å². The fourth-order valence-electron chi connectivity index (χ4n) is 3.11. The van der Waals surface area contributed by atoms with Crippen molar-refractivity contribution in [2.45, 2.75) is 16.3 Å². The van der Waals surface area contributed by atoms with E-state index in [2.05, 4.69) is 10.4 Å². The van der Waals surface area contributed by atoms with E-state index in [0.29, 0.717) is 9.79 Å². The number of hydrogen-bond donors (Lipinski definition) is 1. The summed E-state index contributed by atoms with van der Waals surface area (Å²) in [5.74, 6) is -0.932. The highest BCUT2D eigenvalue weighted by atomic mass is 32.2. The van der Waals surface area contributed by atoms with Crippen molar-refractivity contribution in [3.8, 4) is 5.69 Å². The van der Waals surface area contributed by atoms with Crippen LogP contribution in [0.1, 0.15) is 15.9 Å². The second-order valence-corrected chi connectivity index (χ2v) is 7.82. The highest BCUT2D eigenvalue weighted by Crippen LogP contribution is 2.34. The molecule has 7 nitrogen and oxygen atoms in total. The van der Waals surface area contributed by atoms with Crippen LogP contribution in [-0.2, 0) is 6.54 Å². The number of nitro benzene ring substituents is 1. The third-order valence-corrected chi connectivity index (χ3v) is 5.78. The van der Waals surface area contributed by atoms with Gasteiger partial charge in [-0.25, -0.2) is 9.07 Å². The fourth-order valence-corrected chi connectivity index (χ4v) is 4.06. The van der Waals surface area contributed by atoms with E-state index in [1.54, 1.807) is 41.3 Å². The van der Waals surface area contributed by atoms with Gasteiger partial charge in [-0.15, -0.1) is 0 Å². The minimum atomic E-state index is -0.568. The number of hydrogen-bond acceptors (Lipinski definition) is 5. The van der Waals surface area contributed by atoms with Crippen molar-refractivity contribution < 1.29 is 14.1 Å². The summed E-state index contributed by atoms with van der Waals surface area (Å²) in [5, 5.41) is 18.3. The zero-order valence-electron chi connectivity index (χ0n) is 16.6. The van der Waals surface area contributed by atoms with Gasteiger partial charge in [-0.3, -0.25) is 14.9 Å². The number of aromatic nitrogens is 2. The van der Waals surface area contributed by atoms with Crippen molar-refractivity contribution in [3.63, 3.8) is 0 Å². The Bertz CT molecular complexity index is 1280. The highest BCUT2D eigenvalue weighted by Gasteiger charge is 2.19. The number of non-ortho nitro benzene ring substituents is 1. The number of para-hydroxylation sites is 1. The first kappa shape index (κ1) is 21.3. The molecule has 0 atom stereocenters. The topological polar surface area (TPSA) is 90.1 Å². The van der Waals surface area contributed by atoms with Crippen LogP contribution in [0.2, 0.25) is 0 Å². The van der Waals surface area contributed by atoms with Crippen LogP contribution in [0.15, 0.2) is 95.0 Å². The molecular formula is C23H17FN4O3S. The summed E-state index contributed by atoms with van der Waals surface area (Å²) < 4.78 is 15.8. The van der Waals surface area contributed by atoms with Crippen molar-refractivity contribution in [2.75, 3.05) is 0 Å². The Hall–Kier alpha value is -3.98. The molecule has 0 aliphatic rings. The minimum absolute atomic E-state index is 0.101. The van der Waals surface area contributed by atoms with Gasteiger partial charge in [0, 0.05) is 40.9 Å². The van der Waals surface area contributed by atoms with Gasteiger partial charge < -0.3 is 5.32 Å². The second kappa shape index (κ2) is 9.44. The monoisotopic (exact) mass is 448 g/mol. The number of nitrogens with one attached hydrogen (secondary N) is 1. The molecule has 0 fully saturated rings. The predicted molar refractivity (Wildman–Crippen MR) is 118 cm³/mol. The first-order valence-electron chi connectivity index (χ1n) is 9.60. The van der Waals surface area contributed by atoms with Crippen LogP contribution in [0.5, 0.6) is 0 Å². The molecule has 0 saturated carbocycles. The van der Waals surface area contributed by atoms with E-state index < -0.39 is 16.6 Å². The summed E-state index contributed by atoms with van der Waals surface area (Å²) in [6.45, 7) is 0.182. The van der Waals surface area contributed by atoms with E-state index in [4.69, 9.17) is 0 Å². The molecule has 0 saturated heterocycles. The average Bonchev–Trinajstić information content (AvgIpc) is 3.34. The molecule has 160 valence electrons. The number of nitro groups is 1. The van der Waals surface area contributed by atoms with Crippen LogP contribution in [0.3, 0.4) is 0 Å². The molecule has 1 N–H and O–H groups in total. The summed E-state index contributed by atoms with van der Waals surface area (Å²) in [7, 11) is 0. The lowest BCUT2D eigenvalue weighted by molar-refractivity contribution is -0.384. The van der Waals surface area contributed by atoms with E-state index >= 15 is 0 Å². The quantitative estimate of drug-likeness (QED) is 0.317. The molecule has 0 radical (unpaired) electrons. The summed E-state index contributed by atoms with van der Waals surface area (Å²) in [6.07, 6.45) is 3.45. The van der Waals surface area contributed by atoms with E-state index in [9.17, 15) is 19.3 Å². The number of benzene rings is 3. The summed E-state index contributed by atoms with van der Waals surface area (Å²) in [6, 6.07) is 19.4. The summed E-state index contributed by atoms with van der Waals surface area (Å²) >= 11 is 1.04. The van der Waals surface area contributed by atoms with Crippen LogP contribution >= 0.6 is 11.8 Å². The summed E-state index contributed by atoms with van der Waals surface area (Å²) in [5.41, 5.74) is 1.50. The number of carbonyl (C=O) groups excluding carboxylic acids is 1. The number of rotatable bonds is 7. The van der Waals surface area contributed by atoms with Gasteiger partial charge >= 0.3 is 0 Å². The Morgan fingerprint density at radius 2 is 1.84 bits per heavy atom. The lowest BCUT2D eigenvalue weighted by Gasteiger charge is -2.13. The largest absolute Gasteiger partial charge is 0.348 e. The molecule has 0 bridgehead atoms. The second-order valence-electron chi connectivity index (χ2n) is 6.73. The van der Waals surface area contributed by atoms with E-state index in [-0.39, 0.29) is 17.8 Å². The molecule has 0 spiro atoms. The zero-order valence-corrected chi connectivity index (χ0v) is 17.5. The summed E-state index contributed by atoms with van der Waals surface area (Å²) in [4.78, 5) is 24.4. The molecule has 0 unspecified atom stereocenters. The molecule has 0 aliphatic heterocycles. The van der Waals surface area contributed by atoms with E-state index in [0.717, 1.165) is 23.0 Å². The molecule has 9 heteroatoms. The predicted octanol–water partition coefficient (Wildman–Crippen LogP) is 5.00. The van der Waals surface area contributed by atoms with Gasteiger partial charge in [-0.05, 0) is 35.9 Å². The number of nitrogens with zero attached hydrogens (tertiary/aromatic N) is 3. The number of carbonyl (C=O) groups is 1. The molecule has 1 amide bonds. The van der Waals surface area contributed by atoms with Crippen LogP contribution in [0.4, 0.5) is 10.1 Å². The highest BCUT2D eigenvalue weighted by molar-refractivity contribution is 7.99. The Morgan fingerprint density at radius 3 is 2.59 bits per heavy atom. The Balaban J connectivity index is 1.61. The smallest absolute Gasteiger partial charge is 0.270 e. The standard InChI is InChI=1S/C23H17FN4O3S/c24-19-7-2-4-9-22(19)32-21-11-10-17(28(30)31)14-18(21)23(29)25-15-16-6-1-3-8-20(16)27-13-5-12-26-27/h1-14H,15H2,(H,25,29). The van der Waals surface area contributed by atoms with Gasteiger partial charge in [0.15, 0.2) is 0 Å². The number of halogens is 1. The van der Waals surface area contributed by atoms with Gasteiger partial charge in [0.1, 0.15) is 5.82 Å². The molecule has 32 heavy (non-hydrogen) atoms. The Morgan fingerprint density at radius 1 is 1.06 bits per heavy atom. The van der Waals surface area contributed by atoms with Crippen molar-refractivity contribution >= 4 is 23.4 Å². The van der Waals surface area contributed by atoms with Crippen molar-refractivity contribution in [2.24, 2.45) is 0 Å². The molecule has 1 heterocycles. The normalized spacial score (nSPS) is 10.7. The van der Waals surface area contributed by atoms with Gasteiger partial charge in [0.2, 0.25) is 0 Å². The molecule has 4 aromatic rings.